The Morgan fingerprint density at radius 3 is 2.17 bits per heavy atom. The Hall–Kier alpha value is -6.65. The molecule has 60 heavy (non-hydrogen) atoms. The Labute approximate surface area is 349 Å². The van der Waals surface area contributed by atoms with Gasteiger partial charge in [0.05, 0.1) is 0 Å². The van der Waals surface area contributed by atoms with Gasteiger partial charge in [0.1, 0.15) is 23.4 Å². The molecule has 0 radical (unpaired) electrons. The molecule has 4 amide bonds. The Morgan fingerprint density at radius 1 is 0.867 bits per heavy atom. The summed E-state index contributed by atoms with van der Waals surface area (Å²) in [6.45, 7) is 9.36. The third-order valence-electron chi connectivity index (χ3n) is 9.30. The number of aromatic hydroxyl groups is 1. The number of nitrogens with one attached hydrogen (secondary N) is 3. The lowest BCUT2D eigenvalue weighted by Gasteiger charge is -2.25. The number of nitrogens with zero attached hydrogens (tertiary/aromatic N) is 3. The minimum Gasteiger partial charge on any atom is -0.508 e. The van der Waals surface area contributed by atoms with E-state index in [1.54, 1.807) is 46.8 Å². The van der Waals surface area contributed by atoms with Crippen molar-refractivity contribution in [1.82, 2.24) is 26.1 Å². The molecule has 0 spiro atoms. The molecule has 0 saturated heterocycles. The van der Waals surface area contributed by atoms with Crippen molar-refractivity contribution < 1.29 is 38.3 Å². The van der Waals surface area contributed by atoms with E-state index in [0.29, 0.717) is 54.7 Å². The molecule has 0 saturated carbocycles. The summed E-state index contributed by atoms with van der Waals surface area (Å²) in [6, 6.07) is 19.1. The maximum absolute atomic E-state index is 14.4. The number of aliphatic imine (C=N–C) groups is 1. The lowest BCUT2D eigenvalue weighted by Crippen LogP contribution is -2.52. The molecule has 17 heteroatoms. The number of primary amides is 1. The van der Waals surface area contributed by atoms with Crippen LogP contribution in [0.5, 0.6) is 5.75 Å². The Bertz CT molecular complexity index is 2050. The number of unbranched alkanes of at least 4 members (excludes halogenated alkanes) is 1. The highest BCUT2D eigenvalue weighted by atomic mass is 16.6. The molecular formula is C43H57N9O8. The van der Waals surface area contributed by atoms with Crippen LogP contribution < -0.4 is 33.2 Å². The summed E-state index contributed by atoms with van der Waals surface area (Å²) in [5.41, 5.74) is 20.7. The molecule has 0 bridgehead atoms. The van der Waals surface area contributed by atoms with Crippen LogP contribution in [0.4, 0.5) is 9.59 Å². The van der Waals surface area contributed by atoms with Gasteiger partial charge in [-0.3, -0.25) is 14.6 Å². The van der Waals surface area contributed by atoms with Crippen molar-refractivity contribution in [2.75, 3.05) is 13.1 Å². The van der Waals surface area contributed by atoms with Gasteiger partial charge in [-0.25, -0.2) is 9.59 Å². The highest BCUT2D eigenvalue weighted by Gasteiger charge is 2.31. The molecule has 3 atom stereocenters. The van der Waals surface area contributed by atoms with E-state index in [-0.39, 0.29) is 43.4 Å². The van der Waals surface area contributed by atoms with E-state index in [1.807, 2.05) is 54.6 Å². The average molecular weight is 828 g/mol. The Kier molecular flexibility index (Phi) is 16.8. The molecule has 3 aromatic carbocycles. The number of alkyl carbamates (subject to hydrolysis) is 1. The maximum Gasteiger partial charge on any atom is 0.407 e. The summed E-state index contributed by atoms with van der Waals surface area (Å²) in [5.74, 6) is -0.901. The van der Waals surface area contributed by atoms with Crippen LogP contribution in [0.3, 0.4) is 0 Å². The third kappa shape index (κ3) is 15.3. The molecule has 0 aliphatic carbocycles. The van der Waals surface area contributed by atoms with E-state index in [1.165, 1.54) is 0 Å². The van der Waals surface area contributed by atoms with Crippen molar-refractivity contribution in [3.05, 3.63) is 101 Å². The normalized spacial score (nSPS) is 12.7. The van der Waals surface area contributed by atoms with Crippen LogP contribution in [-0.4, -0.2) is 76.0 Å². The number of hydrogen-bond acceptors (Lipinski definition) is 11. The second kappa shape index (κ2) is 21.9. The summed E-state index contributed by atoms with van der Waals surface area (Å²) in [4.78, 5) is 60.7. The predicted molar refractivity (Wildman–Crippen MR) is 226 cm³/mol. The topological polar surface area (TPSA) is 272 Å². The number of aryl methyl sites for hydroxylation is 2. The molecule has 1 aromatic heterocycles. The monoisotopic (exact) mass is 827 g/mol. The number of benzene rings is 3. The number of hydrogen-bond donors (Lipinski definition) is 7. The zero-order valence-corrected chi connectivity index (χ0v) is 34.8. The predicted octanol–water partition coefficient (Wildman–Crippen LogP) is 4.75. The fourth-order valence-corrected chi connectivity index (χ4v) is 6.46. The van der Waals surface area contributed by atoms with Gasteiger partial charge in [0.25, 0.3) is 5.91 Å². The second-order valence-electron chi connectivity index (χ2n) is 15.5. The lowest BCUT2D eigenvalue weighted by molar-refractivity contribution is -0.134. The van der Waals surface area contributed by atoms with Gasteiger partial charge < -0.3 is 52.3 Å². The molecule has 322 valence electrons. The number of nitrogens with two attached hydrogens (primary N) is 3. The van der Waals surface area contributed by atoms with Gasteiger partial charge in [-0.15, -0.1) is 0 Å². The summed E-state index contributed by atoms with van der Waals surface area (Å²) in [6.07, 6.45) is -1.07. The van der Waals surface area contributed by atoms with Gasteiger partial charge in [-0.1, -0.05) is 59.8 Å². The average Bonchev–Trinajstić information content (AvgIpc) is 3.64. The first kappa shape index (κ1) is 46.0. The van der Waals surface area contributed by atoms with Crippen LogP contribution in [0.2, 0.25) is 0 Å². The highest BCUT2D eigenvalue weighted by molar-refractivity contribution is 5.90. The lowest BCUT2D eigenvalue weighted by atomic mass is 9.95. The number of phenols is 1. The number of rotatable bonds is 20. The van der Waals surface area contributed by atoms with Crippen LogP contribution in [0, 0.1) is 13.8 Å². The van der Waals surface area contributed by atoms with Crippen molar-refractivity contribution in [1.29, 1.82) is 0 Å². The fourth-order valence-electron chi connectivity index (χ4n) is 6.46. The molecule has 0 aliphatic heterocycles. The van der Waals surface area contributed by atoms with Crippen molar-refractivity contribution in [3.63, 3.8) is 0 Å². The standard InChI is InChI=1S/C43H57N9O8/c1-26-22-31(53)23-27(2)32(26)25-34(50-38(55)35(58-41(46)56)15-11-21-47-40(44)45)37(54)49-33(14-9-10-20-48-42(57)59-43(3,4)5)39-51-36(52-60-39)24-28-16-18-30(19-17-28)29-12-7-6-8-13-29/h6-8,12-13,16-19,22-23,33-35,53H,9-11,14-15,20-21,24-25H2,1-5H3,(H2,46,56)(H,48,57)(H,49,54)(H,50,55)(H4,44,45,47)/t33-,34-,35+/m0/s1. The fraction of sp³-hybridized carbons (Fsp3) is 0.419. The van der Waals surface area contributed by atoms with E-state index in [0.717, 1.165) is 16.7 Å². The van der Waals surface area contributed by atoms with Crippen molar-refractivity contribution >= 4 is 30.0 Å². The van der Waals surface area contributed by atoms with Crippen LogP contribution in [0.25, 0.3) is 11.1 Å². The maximum atomic E-state index is 14.4. The number of carbonyl (C=O) groups is 4. The van der Waals surface area contributed by atoms with Gasteiger partial charge in [0.15, 0.2) is 17.9 Å². The van der Waals surface area contributed by atoms with Gasteiger partial charge >= 0.3 is 12.2 Å². The molecule has 4 aromatic rings. The van der Waals surface area contributed by atoms with Crippen molar-refractivity contribution in [2.45, 2.75) is 103 Å². The molecule has 4 rings (SSSR count). The number of phenolic OH excluding ortho intramolecular Hbond substituents is 1. The quantitative estimate of drug-likeness (QED) is 0.0362. The van der Waals surface area contributed by atoms with Crippen LogP contribution in [0.1, 0.15) is 92.9 Å². The summed E-state index contributed by atoms with van der Waals surface area (Å²) in [7, 11) is 0. The zero-order chi connectivity index (χ0) is 43.8. The zero-order valence-electron chi connectivity index (χ0n) is 34.8. The SMILES string of the molecule is Cc1cc(O)cc(C)c1C[C@H](NC(=O)[C@@H](CCCN=C(N)N)OC(N)=O)C(=O)N[C@@H](CCCCNC(=O)OC(C)(C)C)c1nc(Cc2ccc(-c3ccccc3)cc2)no1. The number of amides is 4. The molecule has 10 N–H and O–H groups in total. The van der Waals surface area contributed by atoms with Gasteiger partial charge in [0, 0.05) is 25.9 Å². The number of aromatic nitrogens is 2. The molecule has 1 heterocycles. The van der Waals surface area contributed by atoms with Crippen molar-refractivity contribution in [2.24, 2.45) is 22.2 Å². The second-order valence-corrected chi connectivity index (χ2v) is 15.5. The minimum absolute atomic E-state index is 0.00734. The molecule has 0 unspecified atom stereocenters. The number of ether oxygens (including phenoxy) is 2. The first-order valence-corrected chi connectivity index (χ1v) is 19.8. The Balaban J connectivity index is 1.58. The minimum atomic E-state index is -1.36. The first-order valence-electron chi connectivity index (χ1n) is 19.8. The van der Waals surface area contributed by atoms with E-state index in [4.69, 9.17) is 31.2 Å². The van der Waals surface area contributed by atoms with Gasteiger partial charge in [0.2, 0.25) is 11.8 Å². The van der Waals surface area contributed by atoms with Crippen LogP contribution in [-0.2, 0) is 31.9 Å². The van der Waals surface area contributed by atoms with E-state index in [2.05, 4.69) is 31.1 Å². The van der Waals surface area contributed by atoms with E-state index >= 15 is 0 Å². The first-order chi connectivity index (χ1) is 28.5. The number of carbonyl (C=O) groups excluding carboxylic acids is 4. The largest absolute Gasteiger partial charge is 0.508 e. The molecular weight excluding hydrogens is 771 g/mol. The summed E-state index contributed by atoms with van der Waals surface area (Å²) < 4.78 is 16.2. The summed E-state index contributed by atoms with van der Waals surface area (Å²) >= 11 is 0. The molecule has 17 nitrogen and oxygen atoms in total. The van der Waals surface area contributed by atoms with Crippen molar-refractivity contribution in [3.8, 4) is 16.9 Å². The number of guanidine groups is 1. The third-order valence-corrected chi connectivity index (χ3v) is 9.30. The van der Waals surface area contributed by atoms with Crippen LogP contribution in [0.15, 0.2) is 76.2 Å². The summed E-state index contributed by atoms with van der Waals surface area (Å²) in [5, 5.41) is 22.9. The van der Waals surface area contributed by atoms with E-state index < -0.39 is 47.8 Å². The highest BCUT2D eigenvalue weighted by Crippen LogP contribution is 2.25. The van der Waals surface area contributed by atoms with E-state index in [9.17, 15) is 24.3 Å². The van der Waals surface area contributed by atoms with Gasteiger partial charge in [-0.05, 0) is 112 Å². The molecule has 0 fully saturated rings. The van der Waals surface area contributed by atoms with Gasteiger partial charge in [-0.2, -0.15) is 4.98 Å². The smallest absolute Gasteiger partial charge is 0.407 e. The molecule has 0 aliphatic rings. The van der Waals surface area contributed by atoms with Crippen LogP contribution >= 0.6 is 0 Å². The Morgan fingerprint density at radius 2 is 1.53 bits per heavy atom.